The highest BCUT2D eigenvalue weighted by atomic mass is 35.5. The van der Waals surface area contributed by atoms with Crippen molar-refractivity contribution in [1.82, 2.24) is 20.2 Å². The minimum absolute atomic E-state index is 0.0632. The molecule has 0 aliphatic heterocycles. The lowest BCUT2D eigenvalue weighted by Gasteiger charge is -2.14. The molecule has 0 unspecified atom stereocenters. The molecule has 11 nitrogen and oxygen atoms in total. The van der Waals surface area contributed by atoms with Crippen molar-refractivity contribution in [3.8, 4) is 0 Å². The van der Waals surface area contributed by atoms with E-state index in [9.17, 15) is 22.8 Å². The molecule has 2 aromatic carbocycles. The third kappa shape index (κ3) is 7.38. The predicted octanol–water partition coefficient (Wildman–Crippen LogP) is 6.58. The number of H-pyrrole nitrogens is 1. The Kier molecular flexibility index (Phi) is 8.09. The van der Waals surface area contributed by atoms with E-state index >= 15 is 0 Å². The van der Waals surface area contributed by atoms with Crippen LogP contribution in [-0.2, 0) is 11.0 Å². The van der Waals surface area contributed by atoms with E-state index in [-0.39, 0.29) is 11.6 Å². The molecule has 0 saturated heterocycles. The normalized spacial score (nSPS) is 11.1. The lowest BCUT2D eigenvalue weighted by Crippen LogP contribution is -2.20. The maximum Gasteiger partial charge on any atom is 0.417 e. The van der Waals surface area contributed by atoms with Crippen LogP contribution < -0.4 is 26.6 Å². The summed E-state index contributed by atoms with van der Waals surface area (Å²) in [5, 5.41) is 20.0. The quantitative estimate of drug-likeness (QED) is 0.146. The zero-order chi connectivity index (χ0) is 29.0. The maximum absolute atomic E-state index is 13.1. The van der Waals surface area contributed by atoms with Crippen molar-refractivity contribution in [2.75, 3.05) is 26.6 Å². The van der Waals surface area contributed by atoms with E-state index in [2.05, 4.69) is 46.7 Å². The van der Waals surface area contributed by atoms with Crippen molar-refractivity contribution in [3.05, 3.63) is 70.4 Å². The molecule has 0 spiro atoms. The van der Waals surface area contributed by atoms with Gasteiger partial charge < -0.3 is 26.6 Å². The molecule has 0 aliphatic carbocycles. The Balaban J connectivity index is 1.41. The number of hydrogen-bond acceptors (Lipinski definition) is 7. The second-order valence-corrected chi connectivity index (χ2v) is 9.02. The van der Waals surface area contributed by atoms with E-state index < -0.39 is 22.8 Å². The van der Waals surface area contributed by atoms with Gasteiger partial charge in [0.05, 0.1) is 10.6 Å². The SMILES string of the molecule is CC(=O)Nc1cc(Nc2cc(C)nc(Nc3ccc(NC(=O)Nc4ccc(Cl)c(C(F)(F)F)c4)cc3C)n2)[nH]n1. The Morgan fingerprint density at radius 2 is 1.57 bits per heavy atom. The van der Waals surface area contributed by atoms with Crippen LogP contribution in [0.15, 0.2) is 48.5 Å². The Bertz CT molecular complexity index is 1570. The second-order valence-electron chi connectivity index (χ2n) is 8.62. The van der Waals surface area contributed by atoms with Gasteiger partial charge in [-0.3, -0.25) is 9.89 Å². The van der Waals surface area contributed by atoms with Gasteiger partial charge in [0.15, 0.2) is 5.82 Å². The number of amides is 3. The fourth-order valence-electron chi connectivity index (χ4n) is 3.57. The lowest BCUT2D eigenvalue weighted by atomic mass is 10.1. The number of hydrogen-bond donors (Lipinski definition) is 6. The van der Waals surface area contributed by atoms with Gasteiger partial charge in [0.1, 0.15) is 11.6 Å². The topological polar surface area (TPSA) is 149 Å². The number of carbonyl (C=O) groups is 2. The molecule has 0 atom stereocenters. The van der Waals surface area contributed by atoms with Gasteiger partial charge >= 0.3 is 12.2 Å². The van der Waals surface area contributed by atoms with Gasteiger partial charge in [-0.05, 0) is 55.8 Å². The van der Waals surface area contributed by atoms with Crippen LogP contribution in [0.2, 0.25) is 5.02 Å². The minimum atomic E-state index is -4.65. The maximum atomic E-state index is 13.1. The van der Waals surface area contributed by atoms with Crippen molar-refractivity contribution < 1.29 is 22.8 Å². The zero-order valence-corrected chi connectivity index (χ0v) is 22.0. The van der Waals surface area contributed by atoms with E-state index in [0.717, 1.165) is 17.7 Å². The summed E-state index contributed by atoms with van der Waals surface area (Å²) in [6.07, 6.45) is -4.65. The number of aromatic nitrogens is 4. The number of carbonyl (C=O) groups excluding carboxylic acids is 2. The summed E-state index contributed by atoms with van der Waals surface area (Å²) in [7, 11) is 0. The number of urea groups is 1. The van der Waals surface area contributed by atoms with Crippen molar-refractivity contribution >= 4 is 64.0 Å². The van der Waals surface area contributed by atoms with Crippen LogP contribution in [-0.4, -0.2) is 32.1 Å². The van der Waals surface area contributed by atoms with Crippen LogP contribution in [0.4, 0.5) is 58.4 Å². The number of aromatic amines is 1. The van der Waals surface area contributed by atoms with Gasteiger partial charge in [-0.1, -0.05) is 11.6 Å². The minimum Gasteiger partial charge on any atom is -0.325 e. The molecule has 0 aliphatic rings. The third-order valence-corrected chi connectivity index (χ3v) is 5.59. The number of halogens is 4. The monoisotopic (exact) mass is 573 g/mol. The first-order chi connectivity index (χ1) is 18.9. The van der Waals surface area contributed by atoms with Gasteiger partial charge in [0.25, 0.3) is 0 Å². The van der Waals surface area contributed by atoms with Gasteiger partial charge in [0.2, 0.25) is 11.9 Å². The molecule has 2 heterocycles. The van der Waals surface area contributed by atoms with E-state index in [4.69, 9.17) is 11.6 Å². The molecule has 0 fully saturated rings. The number of nitrogens with one attached hydrogen (secondary N) is 6. The summed E-state index contributed by atoms with van der Waals surface area (Å²) < 4.78 is 39.3. The number of aryl methyl sites for hydroxylation is 2. The van der Waals surface area contributed by atoms with E-state index in [1.165, 1.54) is 13.0 Å². The highest BCUT2D eigenvalue weighted by Gasteiger charge is 2.33. The first-order valence-electron chi connectivity index (χ1n) is 11.6. The summed E-state index contributed by atoms with van der Waals surface area (Å²) in [4.78, 5) is 32.4. The van der Waals surface area contributed by atoms with Gasteiger partial charge in [-0.2, -0.15) is 23.3 Å². The first-order valence-corrected chi connectivity index (χ1v) is 12.0. The number of nitrogens with zero attached hydrogens (tertiary/aromatic N) is 3. The second kappa shape index (κ2) is 11.5. The number of anilines is 7. The van der Waals surface area contributed by atoms with Crippen molar-refractivity contribution in [3.63, 3.8) is 0 Å². The highest BCUT2D eigenvalue weighted by Crippen LogP contribution is 2.36. The summed E-state index contributed by atoms with van der Waals surface area (Å²) in [5.74, 6) is 1.38. The molecule has 2 aromatic heterocycles. The number of benzene rings is 2. The van der Waals surface area contributed by atoms with Gasteiger partial charge in [0, 0.05) is 41.8 Å². The lowest BCUT2D eigenvalue weighted by molar-refractivity contribution is -0.137. The van der Waals surface area contributed by atoms with Crippen LogP contribution in [0.1, 0.15) is 23.7 Å². The van der Waals surface area contributed by atoms with Crippen LogP contribution in [0.3, 0.4) is 0 Å². The van der Waals surface area contributed by atoms with Crippen molar-refractivity contribution in [2.24, 2.45) is 0 Å². The average molecular weight is 574 g/mol. The first kappa shape index (κ1) is 28.2. The molecular formula is C25H23ClF3N9O2. The summed E-state index contributed by atoms with van der Waals surface area (Å²) in [5.41, 5.74) is 1.36. The fraction of sp³-hybridized carbons (Fsp3) is 0.160. The molecular weight excluding hydrogens is 551 g/mol. The molecule has 15 heteroatoms. The Labute approximate surface area is 231 Å². The zero-order valence-electron chi connectivity index (χ0n) is 21.3. The van der Waals surface area contributed by atoms with Crippen molar-refractivity contribution in [1.29, 1.82) is 0 Å². The van der Waals surface area contributed by atoms with Gasteiger partial charge in [-0.25, -0.2) is 9.78 Å². The highest BCUT2D eigenvalue weighted by molar-refractivity contribution is 6.31. The summed E-state index contributed by atoms with van der Waals surface area (Å²) in [6, 6.07) is 10.7. The number of rotatable bonds is 7. The van der Waals surface area contributed by atoms with E-state index in [1.807, 2.05) is 0 Å². The number of alkyl halides is 3. The standard InChI is InChI=1S/C25H23ClF3N9O2/c1-12-8-15(32-24(40)33-16-4-6-18(26)17(10-16)25(27,28)29)5-7-19(12)34-23-30-13(2)9-20(36-23)35-22-11-21(37-38-22)31-14(3)39/h4-11H,1-3H3,(H2,32,33,40)(H4,30,31,34,35,36,37,38,39). The Morgan fingerprint density at radius 1 is 0.875 bits per heavy atom. The fourth-order valence-corrected chi connectivity index (χ4v) is 3.80. The molecule has 208 valence electrons. The Morgan fingerprint density at radius 3 is 2.25 bits per heavy atom. The van der Waals surface area contributed by atoms with E-state index in [0.29, 0.717) is 40.5 Å². The largest absolute Gasteiger partial charge is 0.417 e. The molecule has 4 rings (SSSR count). The molecule has 0 radical (unpaired) electrons. The predicted molar refractivity (Wildman–Crippen MR) is 147 cm³/mol. The average Bonchev–Trinajstić information content (AvgIpc) is 3.26. The molecule has 40 heavy (non-hydrogen) atoms. The van der Waals surface area contributed by atoms with Crippen LogP contribution >= 0.6 is 11.6 Å². The third-order valence-electron chi connectivity index (χ3n) is 5.26. The smallest absolute Gasteiger partial charge is 0.325 e. The summed E-state index contributed by atoms with van der Waals surface area (Å²) >= 11 is 5.62. The molecule has 3 amide bonds. The van der Waals surface area contributed by atoms with Gasteiger partial charge in [-0.15, -0.1) is 0 Å². The molecule has 0 bridgehead atoms. The van der Waals surface area contributed by atoms with Crippen molar-refractivity contribution in [2.45, 2.75) is 26.9 Å². The molecule has 4 aromatic rings. The summed E-state index contributed by atoms with van der Waals surface area (Å²) in [6.45, 7) is 4.97. The molecule has 0 saturated carbocycles. The van der Waals surface area contributed by atoms with Crippen LogP contribution in [0.5, 0.6) is 0 Å². The Hall–Kier alpha value is -4.85. The van der Waals surface area contributed by atoms with Crippen LogP contribution in [0.25, 0.3) is 0 Å². The molecule has 6 N–H and O–H groups in total. The van der Waals surface area contributed by atoms with E-state index in [1.54, 1.807) is 44.2 Å². The van der Waals surface area contributed by atoms with Crippen LogP contribution in [0, 0.1) is 13.8 Å².